The van der Waals surface area contributed by atoms with E-state index in [-0.39, 0.29) is 30.5 Å². The molecular weight excluding hydrogens is 514 g/mol. The molecule has 2 aliphatic rings. The van der Waals surface area contributed by atoms with E-state index in [2.05, 4.69) is 25.4 Å². The highest BCUT2D eigenvalue weighted by Crippen LogP contribution is 2.20. The molecule has 3 rings (SSSR count). The Morgan fingerprint density at radius 1 is 1.20 bits per heavy atom. The summed E-state index contributed by atoms with van der Waals surface area (Å²) >= 11 is 0. The third-order valence-electron chi connectivity index (χ3n) is 5.04. The van der Waals surface area contributed by atoms with Crippen LogP contribution in [0.15, 0.2) is 17.1 Å². The first-order valence-corrected chi connectivity index (χ1v) is 9.78. The van der Waals surface area contributed by atoms with Gasteiger partial charge in [-0.1, -0.05) is 0 Å². The summed E-state index contributed by atoms with van der Waals surface area (Å²) in [6, 6.07) is 2.15. The van der Waals surface area contributed by atoms with E-state index in [1.165, 1.54) is 0 Å². The quantitative estimate of drug-likeness (QED) is 0.259. The number of aliphatic imine (C=N–C) groups is 1. The van der Waals surface area contributed by atoms with Crippen molar-refractivity contribution in [1.82, 2.24) is 15.1 Å². The van der Waals surface area contributed by atoms with Crippen molar-refractivity contribution >= 4 is 41.5 Å². The zero-order valence-electron chi connectivity index (χ0n) is 16.8. The molecule has 2 saturated heterocycles. The van der Waals surface area contributed by atoms with Crippen molar-refractivity contribution < 1.29 is 22.7 Å². The van der Waals surface area contributed by atoms with Gasteiger partial charge in [0.15, 0.2) is 23.4 Å². The molecule has 2 aliphatic heterocycles. The number of benzene rings is 1. The topological polar surface area (TPSA) is 69.2 Å². The van der Waals surface area contributed by atoms with Crippen molar-refractivity contribution in [3.8, 4) is 0 Å². The molecule has 30 heavy (non-hydrogen) atoms. The lowest BCUT2D eigenvalue weighted by molar-refractivity contribution is -0.114. The van der Waals surface area contributed by atoms with Crippen LogP contribution in [0.2, 0.25) is 0 Å². The van der Waals surface area contributed by atoms with Crippen LogP contribution < -0.4 is 10.6 Å². The maximum atomic E-state index is 13.7. The van der Waals surface area contributed by atoms with Gasteiger partial charge in [-0.15, -0.1) is 24.0 Å². The number of anilines is 1. The molecule has 1 aromatic rings. The normalized spacial score (nSPS) is 20.1. The Hall–Kier alpha value is -1.60. The highest BCUT2D eigenvalue weighted by Gasteiger charge is 2.30. The fraction of sp³-hybridized carbons (Fsp3) is 0.579. The number of likely N-dealkylation sites (tertiary alicyclic amines) is 1. The number of halogens is 4. The van der Waals surface area contributed by atoms with E-state index in [9.17, 15) is 18.0 Å². The number of hydrogen-bond acceptors (Lipinski definition) is 4. The molecule has 0 spiro atoms. The number of morpholine rings is 1. The fourth-order valence-corrected chi connectivity index (χ4v) is 3.56. The number of hydrogen-bond donors (Lipinski definition) is 2. The SMILES string of the molecule is CCNC(=NCC(=O)Nc1ccc(F)c(F)c1F)N1CCC(N2CCOCC2)C1.I. The molecule has 0 radical (unpaired) electrons. The smallest absolute Gasteiger partial charge is 0.246 e. The Balaban J connectivity index is 0.00000320. The number of nitrogens with one attached hydrogen (secondary N) is 2. The van der Waals surface area contributed by atoms with Crippen LogP contribution in [-0.4, -0.2) is 80.2 Å². The maximum absolute atomic E-state index is 13.7. The summed E-state index contributed by atoms with van der Waals surface area (Å²) < 4.78 is 45.4. The predicted octanol–water partition coefficient (Wildman–Crippen LogP) is 2.03. The minimum atomic E-state index is -1.62. The van der Waals surface area contributed by atoms with Gasteiger partial charge in [0, 0.05) is 38.8 Å². The summed E-state index contributed by atoms with van der Waals surface area (Å²) in [6.07, 6.45) is 0.997. The van der Waals surface area contributed by atoms with E-state index in [1.54, 1.807) is 0 Å². The van der Waals surface area contributed by atoms with Gasteiger partial charge in [-0.3, -0.25) is 9.69 Å². The molecule has 1 aromatic carbocycles. The van der Waals surface area contributed by atoms with Gasteiger partial charge in [-0.25, -0.2) is 18.2 Å². The average molecular weight is 541 g/mol. The second kappa shape index (κ2) is 11.7. The van der Waals surface area contributed by atoms with Gasteiger partial charge in [-0.05, 0) is 25.5 Å². The highest BCUT2D eigenvalue weighted by molar-refractivity contribution is 14.0. The molecule has 1 atom stereocenters. The molecule has 168 valence electrons. The zero-order chi connectivity index (χ0) is 20.8. The average Bonchev–Trinajstić information content (AvgIpc) is 3.22. The van der Waals surface area contributed by atoms with Crippen LogP contribution >= 0.6 is 24.0 Å². The van der Waals surface area contributed by atoms with E-state index < -0.39 is 29.0 Å². The van der Waals surface area contributed by atoms with Gasteiger partial charge < -0.3 is 20.3 Å². The van der Waals surface area contributed by atoms with Gasteiger partial charge in [0.05, 0.1) is 18.9 Å². The van der Waals surface area contributed by atoms with Crippen LogP contribution in [0.3, 0.4) is 0 Å². The van der Waals surface area contributed by atoms with Crippen molar-refractivity contribution in [2.45, 2.75) is 19.4 Å². The van der Waals surface area contributed by atoms with Crippen LogP contribution in [0.1, 0.15) is 13.3 Å². The molecule has 0 saturated carbocycles. The first-order chi connectivity index (χ1) is 14.0. The summed E-state index contributed by atoms with van der Waals surface area (Å²) in [5.41, 5.74) is -0.414. The standard InChI is InChI=1S/C19H26F3N5O2.HI/c1-2-23-19(27-6-5-13(12-27)26-7-9-29-10-8-26)24-11-16(28)25-15-4-3-14(20)17(21)18(15)22;/h3-4,13H,2,5-12H2,1H3,(H,23,24)(H,25,28);1H. The van der Waals surface area contributed by atoms with Crippen molar-refractivity contribution in [3.05, 3.63) is 29.6 Å². The Morgan fingerprint density at radius 3 is 2.63 bits per heavy atom. The second-order valence-corrected chi connectivity index (χ2v) is 6.98. The molecule has 1 amide bonds. The van der Waals surface area contributed by atoms with Crippen molar-refractivity contribution in [1.29, 1.82) is 0 Å². The molecule has 2 fully saturated rings. The number of carbonyl (C=O) groups is 1. The van der Waals surface area contributed by atoms with E-state index >= 15 is 0 Å². The Bertz CT molecular complexity index is 762. The number of guanidine groups is 1. The van der Waals surface area contributed by atoms with Gasteiger partial charge in [-0.2, -0.15) is 0 Å². The number of carbonyl (C=O) groups excluding carboxylic acids is 1. The van der Waals surface area contributed by atoms with Crippen molar-refractivity contribution in [2.24, 2.45) is 4.99 Å². The molecular formula is C19H27F3IN5O2. The highest BCUT2D eigenvalue weighted by atomic mass is 127. The molecule has 1 unspecified atom stereocenters. The van der Waals surface area contributed by atoms with Gasteiger partial charge in [0.2, 0.25) is 5.91 Å². The molecule has 7 nitrogen and oxygen atoms in total. The van der Waals surface area contributed by atoms with Crippen LogP contribution in [-0.2, 0) is 9.53 Å². The minimum Gasteiger partial charge on any atom is -0.379 e. The zero-order valence-corrected chi connectivity index (χ0v) is 19.1. The molecule has 0 aliphatic carbocycles. The van der Waals surface area contributed by atoms with E-state index in [1.807, 2.05) is 6.92 Å². The number of nitrogens with zero attached hydrogens (tertiary/aromatic N) is 3. The minimum absolute atomic E-state index is 0. The fourth-order valence-electron chi connectivity index (χ4n) is 3.56. The Morgan fingerprint density at radius 2 is 1.93 bits per heavy atom. The molecule has 0 aromatic heterocycles. The van der Waals surface area contributed by atoms with Crippen LogP contribution in [0, 0.1) is 17.5 Å². The summed E-state index contributed by atoms with van der Waals surface area (Å²) in [5, 5.41) is 5.39. The monoisotopic (exact) mass is 541 g/mol. The summed E-state index contributed by atoms with van der Waals surface area (Å²) in [5.74, 6) is -4.37. The first-order valence-electron chi connectivity index (χ1n) is 9.78. The van der Waals surface area contributed by atoms with Gasteiger partial charge in [0.1, 0.15) is 6.54 Å². The summed E-state index contributed by atoms with van der Waals surface area (Å²) in [7, 11) is 0. The number of ether oxygens (including phenoxy) is 1. The number of amides is 1. The lowest BCUT2D eigenvalue weighted by atomic mass is 10.2. The lowest BCUT2D eigenvalue weighted by Gasteiger charge is -2.32. The molecule has 11 heteroatoms. The first kappa shape index (κ1) is 24.7. The van der Waals surface area contributed by atoms with Crippen molar-refractivity contribution in [2.75, 3.05) is 57.8 Å². The van der Waals surface area contributed by atoms with E-state index in [4.69, 9.17) is 4.74 Å². The largest absolute Gasteiger partial charge is 0.379 e. The van der Waals surface area contributed by atoms with E-state index in [0.717, 1.165) is 57.9 Å². The Kier molecular flexibility index (Phi) is 9.62. The molecule has 2 heterocycles. The van der Waals surface area contributed by atoms with E-state index in [0.29, 0.717) is 18.5 Å². The summed E-state index contributed by atoms with van der Waals surface area (Å²) in [4.78, 5) is 21.0. The van der Waals surface area contributed by atoms with Gasteiger partial charge in [0.25, 0.3) is 0 Å². The van der Waals surface area contributed by atoms with Crippen molar-refractivity contribution in [3.63, 3.8) is 0 Å². The third-order valence-corrected chi connectivity index (χ3v) is 5.04. The molecule has 2 N–H and O–H groups in total. The Labute approximate surface area is 191 Å². The van der Waals surface area contributed by atoms with Crippen LogP contribution in [0.4, 0.5) is 18.9 Å². The third kappa shape index (κ3) is 6.20. The van der Waals surface area contributed by atoms with Gasteiger partial charge >= 0.3 is 0 Å². The van der Waals surface area contributed by atoms with Crippen LogP contribution in [0.5, 0.6) is 0 Å². The second-order valence-electron chi connectivity index (χ2n) is 6.98. The maximum Gasteiger partial charge on any atom is 0.246 e. The lowest BCUT2D eigenvalue weighted by Crippen LogP contribution is -2.46. The predicted molar refractivity (Wildman–Crippen MR) is 119 cm³/mol. The summed E-state index contributed by atoms with van der Waals surface area (Å²) in [6.45, 7) is 7.22. The molecule has 0 bridgehead atoms. The number of rotatable bonds is 5. The van der Waals surface area contributed by atoms with Crippen LogP contribution in [0.25, 0.3) is 0 Å².